The number of aromatic hydroxyl groups is 1. The van der Waals surface area contributed by atoms with Crippen molar-refractivity contribution in [2.75, 3.05) is 6.54 Å². The summed E-state index contributed by atoms with van der Waals surface area (Å²) in [7, 11) is 0. The van der Waals surface area contributed by atoms with E-state index in [0.29, 0.717) is 17.8 Å². The molecule has 3 rings (SSSR count). The Kier molecular flexibility index (Phi) is 4.36. The molecule has 0 saturated carbocycles. The zero-order valence-electron chi connectivity index (χ0n) is 12.7. The molecule has 2 N–H and O–H groups in total. The zero-order valence-corrected chi connectivity index (χ0v) is 12.7. The second-order valence-electron chi connectivity index (χ2n) is 5.74. The van der Waals surface area contributed by atoms with Crippen molar-refractivity contribution in [2.24, 2.45) is 0 Å². The Morgan fingerprint density at radius 2 is 2.18 bits per heavy atom. The summed E-state index contributed by atoms with van der Waals surface area (Å²) in [5.74, 6) is 0.193. The van der Waals surface area contributed by atoms with Crippen LogP contribution in [0.15, 0.2) is 30.6 Å². The lowest BCUT2D eigenvalue weighted by Crippen LogP contribution is -2.24. The van der Waals surface area contributed by atoms with Gasteiger partial charge in [0.15, 0.2) is 0 Å². The summed E-state index contributed by atoms with van der Waals surface area (Å²) in [4.78, 5) is 10.9. The highest BCUT2D eigenvalue weighted by Gasteiger charge is 2.28. The first-order valence-electron chi connectivity index (χ1n) is 7.63. The van der Waals surface area contributed by atoms with E-state index in [1.807, 2.05) is 24.4 Å². The topological polar surface area (TPSA) is 69.5 Å². The Labute approximate surface area is 130 Å². The van der Waals surface area contributed by atoms with E-state index in [1.54, 1.807) is 13.1 Å². The minimum atomic E-state index is -0.113. The van der Waals surface area contributed by atoms with Gasteiger partial charge in [-0.25, -0.2) is 0 Å². The van der Waals surface area contributed by atoms with Gasteiger partial charge in [0, 0.05) is 30.1 Å². The van der Waals surface area contributed by atoms with Gasteiger partial charge in [-0.05, 0) is 38.4 Å². The normalized spacial score (nSPS) is 18.7. The molecule has 5 nitrogen and oxygen atoms in total. The zero-order chi connectivity index (χ0) is 15.5. The molecule has 2 aromatic rings. The number of rotatable bonds is 4. The second kappa shape index (κ2) is 6.42. The van der Waals surface area contributed by atoms with Crippen molar-refractivity contribution in [1.82, 2.24) is 14.9 Å². The third kappa shape index (κ3) is 2.82. The quantitative estimate of drug-likeness (QED) is 0.906. The molecule has 0 radical (unpaired) electrons. The van der Waals surface area contributed by atoms with E-state index in [4.69, 9.17) is 0 Å². The molecule has 1 fully saturated rings. The molecule has 0 spiro atoms. The van der Waals surface area contributed by atoms with E-state index in [0.717, 1.165) is 30.6 Å². The molecule has 0 aliphatic carbocycles. The number of aliphatic hydroxyl groups excluding tert-OH is 1. The molecule has 1 saturated heterocycles. The minimum Gasteiger partial charge on any atom is -0.506 e. The van der Waals surface area contributed by atoms with E-state index < -0.39 is 0 Å². The number of aryl methyl sites for hydroxylation is 1. The maximum Gasteiger partial charge on any atom is 0.141 e. The van der Waals surface area contributed by atoms with Crippen LogP contribution in [0.1, 0.15) is 41.4 Å². The summed E-state index contributed by atoms with van der Waals surface area (Å²) in [6.45, 7) is 3.23. The predicted molar refractivity (Wildman–Crippen MR) is 83.2 cm³/mol. The first-order valence-corrected chi connectivity index (χ1v) is 7.63. The lowest BCUT2D eigenvalue weighted by Gasteiger charge is -2.25. The van der Waals surface area contributed by atoms with Gasteiger partial charge in [0.2, 0.25) is 0 Å². The number of aliphatic hydroxyl groups is 1. The van der Waals surface area contributed by atoms with Gasteiger partial charge >= 0.3 is 0 Å². The van der Waals surface area contributed by atoms with Crippen molar-refractivity contribution in [2.45, 2.75) is 39.0 Å². The van der Waals surface area contributed by atoms with Gasteiger partial charge in [-0.1, -0.05) is 6.07 Å². The van der Waals surface area contributed by atoms with Crippen molar-refractivity contribution < 1.29 is 10.2 Å². The van der Waals surface area contributed by atoms with Crippen LogP contribution in [0.5, 0.6) is 5.75 Å². The van der Waals surface area contributed by atoms with Crippen LogP contribution < -0.4 is 0 Å². The minimum absolute atomic E-state index is 0.113. The molecule has 5 heteroatoms. The van der Waals surface area contributed by atoms with Crippen LogP contribution in [0.3, 0.4) is 0 Å². The van der Waals surface area contributed by atoms with E-state index in [9.17, 15) is 10.2 Å². The molecule has 0 aromatic carbocycles. The van der Waals surface area contributed by atoms with Gasteiger partial charge in [0.05, 0.1) is 24.0 Å². The van der Waals surface area contributed by atoms with Gasteiger partial charge in [-0.15, -0.1) is 0 Å². The highest BCUT2D eigenvalue weighted by atomic mass is 16.3. The monoisotopic (exact) mass is 299 g/mol. The molecule has 2 aromatic heterocycles. The maximum atomic E-state index is 10.3. The molecule has 1 aliphatic rings. The Morgan fingerprint density at radius 3 is 2.91 bits per heavy atom. The van der Waals surface area contributed by atoms with Crippen LogP contribution in [-0.4, -0.2) is 31.6 Å². The van der Waals surface area contributed by atoms with Crippen LogP contribution >= 0.6 is 0 Å². The van der Waals surface area contributed by atoms with Gasteiger partial charge in [-0.3, -0.25) is 14.9 Å². The first-order chi connectivity index (χ1) is 10.7. The van der Waals surface area contributed by atoms with Crippen LogP contribution in [0.2, 0.25) is 0 Å². The van der Waals surface area contributed by atoms with Gasteiger partial charge in [0.1, 0.15) is 5.75 Å². The molecule has 0 amide bonds. The predicted octanol–water partition coefficient (Wildman–Crippen LogP) is 2.32. The van der Waals surface area contributed by atoms with Gasteiger partial charge in [0.25, 0.3) is 0 Å². The van der Waals surface area contributed by atoms with E-state index in [2.05, 4.69) is 14.9 Å². The van der Waals surface area contributed by atoms with E-state index in [-0.39, 0.29) is 18.4 Å². The van der Waals surface area contributed by atoms with Crippen molar-refractivity contribution in [1.29, 1.82) is 0 Å². The van der Waals surface area contributed by atoms with Crippen molar-refractivity contribution in [3.63, 3.8) is 0 Å². The smallest absolute Gasteiger partial charge is 0.141 e. The molecule has 1 aliphatic heterocycles. The van der Waals surface area contributed by atoms with Crippen molar-refractivity contribution >= 4 is 0 Å². The Hall–Kier alpha value is -1.98. The second-order valence-corrected chi connectivity index (χ2v) is 5.74. The SMILES string of the molecule is Cc1ncc(CO)c(CN2CCC[C@@H]2c2ccccn2)c1O. The number of hydrogen-bond acceptors (Lipinski definition) is 5. The maximum absolute atomic E-state index is 10.3. The molecule has 22 heavy (non-hydrogen) atoms. The Bertz CT molecular complexity index is 646. The first kappa shape index (κ1) is 14.9. The molecule has 1 atom stereocenters. The summed E-state index contributed by atoms with van der Waals surface area (Å²) in [5.41, 5.74) is 3.13. The fourth-order valence-corrected chi connectivity index (χ4v) is 3.12. The highest BCUT2D eigenvalue weighted by molar-refractivity contribution is 5.40. The Balaban J connectivity index is 1.88. The Morgan fingerprint density at radius 1 is 1.32 bits per heavy atom. The van der Waals surface area contributed by atoms with Crippen LogP contribution in [0, 0.1) is 6.92 Å². The average molecular weight is 299 g/mol. The highest BCUT2D eigenvalue weighted by Crippen LogP contribution is 2.34. The van der Waals surface area contributed by atoms with Crippen LogP contribution in [0.4, 0.5) is 0 Å². The number of aromatic nitrogens is 2. The number of nitrogens with zero attached hydrogens (tertiary/aromatic N) is 3. The summed E-state index contributed by atoms with van der Waals surface area (Å²) < 4.78 is 0. The van der Waals surface area contributed by atoms with Gasteiger partial charge in [-0.2, -0.15) is 0 Å². The number of pyridine rings is 2. The van der Waals surface area contributed by atoms with E-state index in [1.165, 1.54) is 0 Å². The summed E-state index contributed by atoms with van der Waals surface area (Å²) in [6, 6.07) is 6.24. The molecular weight excluding hydrogens is 278 g/mol. The number of hydrogen-bond donors (Lipinski definition) is 2. The fraction of sp³-hybridized carbons (Fsp3) is 0.412. The standard InChI is InChI=1S/C17H21N3O2/c1-12-17(22)14(13(11-21)9-19-12)10-20-8-4-6-16(20)15-5-2-3-7-18-15/h2-3,5,7,9,16,21-22H,4,6,8,10-11H2,1H3/t16-/m1/s1. The molecule has 0 bridgehead atoms. The molecule has 0 unspecified atom stereocenters. The van der Waals surface area contributed by atoms with Crippen LogP contribution in [-0.2, 0) is 13.2 Å². The third-order valence-corrected chi connectivity index (χ3v) is 4.35. The largest absolute Gasteiger partial charge is 0.506 e. The fourth-order valence-electron chi connectivity index (χ4n) is 3.12. The van der Waals surface area contributed by atoms with Gasteiger partial charge < -0.3 is 10.2 Å². The lowest BCUT2D eigenvalue weighted by atomic mass is 10.1. The number of likely N-dealkylation sites (tertiary alicyclic amines) is 1. The molecular formula is C17H21N3O2. The average Bonchev–Trinajstić information content (AvgIpc) is 3.01. The third-order valence-electron chi connectivity index (χ3n) is 4.35. The van der Waals surface area contributed by atoms with E-state index >= 15 is 0 Å². The summed E-state index contributed by atoms with van der Waals surface area (Å²) >= 11 is 0. The van der Waals surface area contributed by atoms with Crippen molar-refractivity contribution in [3.8, 4) is 5.75 Å². The molecule has 116 valence electrons. The summed E-state index contributed by atoms with van der Waals surface area (Å²) in [5, 5.41) is 19.8. The van der Waals surface area contributed by atoms with Crippen molar-refractivity contribution in [3.05, 3.63) is 53.1 Å². The molecule has 3 heterocycles. The summed E-state index contributed by atoms with van der Waals surface area (Å²) in [6.07, 6.45) is 5.64. The van der Waals surface area contributed by atoms with Crippen LogP contribution in [0.25, 0.3) is 0 Å². The lowest BCUT2D eigenvalue weighted by molar-refractivity contribution is 0.234.